The van der Waals surface area contributed by atoms with Crippen LogP contribution in [0.2, 0.25) is 5.82 Å². The maximum absolute atomic E-state index is 3.14. The molecule has 0 aliphatic rings. The Morgan fingerprint density at radius 1 is 1.12 bits per heavy atom. The Morgan fingerprint density at radius 3 is 1.50 bits per heavy atom. The summed E-state index contributed by atoms with van der Waals surface area (Å²) in [5, 5.41) is 6.28. The summed E-state index contributed by atoms with van der Waals surface area (Å²) in [5.41, 5.74) is 0. The average molecular weight is 114 g/mol. The molecular formula is C5H15BN2. The van der Waals surface area contributed by atoms with Gasteiger partial charge >= 0.3 is 6.98 Å². The Bertz CT molecular complexity index is 52.4. The van der Waals surface area contributed by atoms with E-state index in [9.17, 15) is 0 Å². The zero-order chi connectivity index (χ0) is 6.57. The third-order valence-electron chi connectivity index (χ3n) is 1.29. The van der Waals surface area contributed by atoms with Crippen LogP contribution in [-0.4, -0.2) is 21.1 Å². The fourth-order valence-corrected chi connectivity index (χ4v) is 0.811. The van der Waals surface area contributed by atoms with Crippen LogP contribution in [0.1, 0.15) is 13.8 Å². The molecule has 48 valence electrons. The second-order valence-electron chi connectivity index (χ2n) is 2.30. The first kappa shape index (κ1) is 7.98. The van der Waals surface area contributed by atoms with Crippen molar-refractivity contribution in [3.8, 4) is 0 Å². The van der Waals surface area contributed by atoms with Crippen molar-refractivity contribution in [2.75, 3.05) is 14.1 Å². The van der Waals surface area contributed by atoms with Crippen LogP contribution in [0.3, 0.4) is 0 Å². The van der Waals surface area contributed by atoms with Crippen LogP contribution < -0.4 is 10.5 Å². The average Bonchev–Trinajstić information content (AvgIpc) is 1.69. The van der Waals surface area contributed by atoms with E-state index in [1.807, 2.05) is 14.1 Å². The molecule has 0 aromatic heterocycles. The zero-order valence-electron chi connectivity index (χ0n) is 6.15. The summed E-state index contributed by atoms with van der Waals surface area (Å²) in [7, 11) is 3.92. The van der Waals surface area contributed by atoms with Crippen LogP contribution in [-0.2, 0) is 0 Å². The number of hydrogen-bond donors (Lipinski definition) is 2. The monoisotopic (exact) mass is 114 g/mol. The third kappa shape index (κ3) is 2.33. The summed E-state index contributed by atoms with van der Waals surface area (Å²) in [6, 6.07) is 0. The summed E-state index contributed by atoms with van der Waals surface area (Å²) < 4.78 is 0. The van der Waals surface area contributed by atoms with Crippen molar-refractivity contribution in [3.63, 3.8) is 0 Å². The van der Waals surface area contributed by atoms with Crippen molar-refractivity contribution >= 4 is 6.98 Å². The predicted octanol–water partition coefficient (Wildman–Crippen LogP) is 0.323. The number of nitrogens with one attached hydrogen (secondary N) is 2. The Balaban J connectivity index is 3.35. The van der Waals surface area contributed by atoms with Crippen LogP contribution in [0.15, 0.2) is 0 Å². The molecule has 0 amide bonds. The summed E-state index contributed by atoms with van der Waals surface area (Å²) >= 11 is 0. The van der Waals surface area contributed by atoms with E-state index in [2.05, 4.69) is 24.3 Å². The van der Waals surface area contributed by atoms with Crippen LogP contribution >= 0.6 is 0 Å². The lowest BCUT2D eigenvalue weighted by atomic mass is 9.65. The zero-order valence-corrected chi connectivity index (χ0v) is 6.15. The Hall–Kier alpha value is -0.0151. The molecule has 0 spiro atoms. The van der Waals surface area contributed by atoms with Gasteiger partial charge in [-0.25, -0.2) is 0 Å². The molecule has 8 heavy (non-hydrogen) atoms. The van der Waals surface area contributed by atoms with Crippen LogP contribution in [0.25, 0.3) is 0 Å². The molecule has 0 bridgehead atoms. The van der Waals surface area contributed by atoms with Crippen LogP contribution in [0.4, 0.5) is 0 Å². The van der Waals surface area contributed by atoms with Crippen molar-refractivity contribution in [1.82, 2.24) is 10.5 Å². The van der Waals surface area contributed by atoms with Crippen molar-refractivity contribution in [3.05, 3.63) is 0 Å². The van der Waals surface area contributed by atoms with Gasteiger partial charge in [0.2, 0.25) is 0 Å². The molecule has 0 saturated carbocycles. The van der Waals surface area contributed by atoms with Gasteiger partial charge in [-0.2, -0.15) is 0 Å². The van der Waals surface area contributed by atoms with Gasteiger partial charge in [-0.3, -0.25) is 0 Å². The minimum absolute atomic E-state index is 0.454. The molecule has 2 nitrogen and oxygen atoms in total. The van der Waals surface area contributed by atoms with Gasteiger partial charge in [-0.15, -0.1) is 0 Å². The van der Waals surface area contributed by atoms with E-state index in [0.717, 1.165) is 0 Å². The molecule has 0 rings (SSSR count). The molecule has 2 N–H and O–H groups in total. The Morgan fingerprint density at radius 2 is 1.50 bits per heavy atom. The topological polar surface area (TPSA) is 24.1 Å². The van der Waals surface area contributed by atoms with E-state index in [4.69, 9.17) is 0 Å². The summed E-state index contributed by atoms with van der Waals surface area (Å²) in [5.74, 6) is 0.657. The summed E-state index contributed by atoms with van der Waals surface area (Å²) in [4.78, 5) is 0. The highest BCUT2D eigenvalue weighted by Crippen LogP contribution is 1.99. The highest BCUT2D eigenvalue weighted by atomic mass is 14.9. The lowest BCUT2D eigenvalue weighted by molar-refractivity contribution is 0.924. The minimum Gasteiger partial charge on any atom is -0.345 e. The number of rotatable bonds is 3. The highest BCUT2D eigenvalue weighted by molar-refractivity contribution is 6.54. The Labute approximate surface area is 52.2 Å². The van der Waals surface area contributed by atoms with Crippen molar-refractivity contribution < 1.29 is 0 Å². The van der Waals surface area contributed by atoms with Crippen molar-refractivity contribution in [2.45, 2.75) is 19.7 Å². The molecule has 0 radical (unpaired) electrons. The van der Waals surface area contributed by atoms with E-state index in [1.165, 1.54) is 0 Å². The van der Waals surface area contributed by atoms with Gasteiger partial charge in [0, 0.05) is 0 Å². The molecule has 0 aliphatic carbocycles. The first-order valence-corrected chi connectivity index (χ1v) is 3.07. The fourth-order valence-electron chi connectivity index (χ4n) is 0.811. The lowest BCUT2D eigenvalue weighted by Gasteiger charge is -2.12. The van der Waals surface area contributed by atoms with Gasteiger partial charge in [0.1, 0.15) is 0 Å². The second kappa shape index (κ2) is 3.92. The number of hydrogen-bond acceptors (Lipinski definition) is 2. The standard InChI is InChI=1S/C5H15BN2/c1-5(2)6(7-3)8-4/h5,7-8H,1-4H3. The predicted molar refractivity (Wildman–Crippen MR) is 39.0 cm³/mol. The highest BCUT2D eigenvalue weighted by Gasteiger charge is 2.12. The Kier molecular flexibility index (Phi) is 3.92. The third-order valence-corrected chi connectivity index (χ3v) is 1.29. The molecule has 0 aromatic carbocycles. The minimum atomic E-state index is 0.454. The maximum Gasteiger partial charge on any atom is 0.307 e. The SMILES string of the molecule is CNB(NC)C(C)C. The van der Waals surface area contributed by atoms with E-state index in [-0.39, 0.29) is 0 Å². The maximum atomic E-state index is 3.14. The van der Waals surface area contributed by atoms with Gasteiger partial charge < -0.3 is 10.5 Å². The lowest BCUT2D eigenvalue weighted by Crippen LogP contribution is -2.45. The molecule has 3 heteroatoms. The largest absolute Gasteiger partial charge is 0.345 e. The molecule has 0 atom stereocenters. The van der Waals surface area contributed by atoms with Gasteiger partial charge in [0.15, 0.2) is 0 Å². The normalized spacial score (nSPS) is 10.1. The summed E-state index contributed by atoms with van der Waals surface area (Å²) in [6.45, 7) is 4.81. The second-order valence-corrected chi connectivity index (χ2v) is 2.30. The first-order chi connectivity index (χ1) is 3.72. The molecule has 0 heterocycles. The van der Waals surface area contributed by atoms with Crippen molar-refractivity contribution in [1.29, 1.82) is 0 Å². The van der Waals surface area contributed by atoms with Crippen molar-refractivity contribution in [2.24, 2.45) is 0 Å². The quantitative estimate of drug-likeness (QED) is 0.516. The van der Waals surface area contributed by atoms with E-state index < -0.39 is 0 Å². The van der Waals surface area contributed by atoms with E-state index in [1.54, 1.807) is 0 Å². The smallest absolute Gasteiger partial charge is 0.307 e. The van der Waals surface area contributed by atoms with Crippen LogP contribution in [0, 0.1) is 0 Å². The molecule has 0 fully saturated rings. The fraction of sp³-hybridized carbons (Fsp3) is 1.00. The molecular weight excluding hydrogens is 98.9 g/mol. The molecule has 0 aromatic rings. The van der Waals surface area contributed by atoms with Crippen LogP contribution in [0.5, 0.6) is 0 Å². The van der Waals surface area contributed by atoms with E-state index in [0.29, 0.717) is 12.8 Å². The first-order valence-electron chi connectivity index (χ1n) is 3.07. The van der Waals surface area contributed by atoms with Gasteiger partial charge in [0.05, 0.1) is 0 Å². The molecule has 0 aliphatic heterocycles. The van der Waals surface area contributed by atoms with E-state index >= 15 is 0 Å². The molecule has 0 unspecified atom stereocenters. The van der Waals surface area contributed by atoms with Gasteiger partial charge in [-0.1, -0.05) is 13.8 Å². The molecule has 0 saturated heterocycles. The van der Waals surface area contributed by atoms with Gasteiger partial charge in [-0.05, 0) is 19.9 Å². The van der Waals surface area contributed by atoms with Gasteiger partial charge in [0.25, 0.3) is 0 Å². The summed E-state index contributed by atoms with van der Waals surface area (Å²) in [6.07, 6.45) is 0.